The Kier molecular flexibility index (Phi) is 4.00. The van der Waals surface area contributed by atoms with E-state index < -0.39 is 37.7 Å². The van der Waals surface area contributed by atoms with Gasteiger partial charge in [0.15, 0.2) is 11.0 Å². The van der Waals surface area contributed by atoms with Crippen molar-refractivity contribution in [2.24, 2.45) is 0 Å². The number of hydrogen-bond donors (Lipinski definition) is 2. The van der Waals surface area contributed by atoms with Crippen molar-refractivity contribution in [3.63, 3.8) is 0 Å². The number of hydrogen-bond acceptors (Lipinski definition) is 4. The van der Waals surface area contributed by atoms with Gasteiger partial charge in [-0.05, 0) is 0 Å². The molecular weight excluding hydrogens is 289 g/mol. The van der Waals surface area contributed by atoms with E-state index in [0.29, 0.717) is 0 Å². The van der Waals surface area contributed by atoms with E-state index in [1.165, 1.54) is 0 Å². The van der Waals surface area contributed by atoms with Crippen molar-refractivity contribution in [3.05, 3.63) is 0 Å². The first-order valence-corrected chi connectivity index (χ1v) is 5.57. The Labute approximate surface area is 87.1 Å². The molecule has 13 heteroatoms. The minimum Gasteiger partial charge on any atom is -0.476 e. The number of alkyl halides is 5. The Balaban J connectivity index is 5.07. The van der Waals surface area contributed by atoms with E-state index in [9.17, 15) is 39.4 Å². The lowest BCUT2D eigenvalue weighted by Crippen LogP contribution is -2.46. The Morgan fingerprint density at radius 3 is 1.81 bits per heavy atom. The second-order valence-electron chi connectivity index (χ2n) is 2.12. The van der Waals surface area contributed by atoms with Crippen LogP contribution in [-0.4, -0.2) is 34.5 Å². The summed E-state index contributed by atoms with van der Waals surface area (Å²) in [6, 6.07) is 0. The van der Waals surface area contributed by atoms with Crippen LogP contribution in [0.1, 0.15) is 0 Å². The van der Waals surface area contributed by atoms with Crippen LogP contribution in [0.4, 0.5) is 22.0 Å². The molecule has 0 rings (SSSR count). The summed E-state index contributed by atoms with van der Waals surface area (Å²) in [6.45, 7) is 0. The van der Waals surface area contributed by atoms with Crippen LogP contribution in [-0.2, 0) is 25.8 Å². The van der Waals surface area contributed by atoms with Crippen molar-refractivity contribution in [2.75, 3.05) is 0 Å². The summed E-state index contributed by atoms with van der Waals surface area (Å²) < 4.78 is 90.1. The molecule has 16 heavy (non-hydrogen) atoms. The number of sulfonamides is 1. The van der Waals surface area contributed by atoms with Crippen LogP contribution in [0.15, 0.2) is 0 Å². The molecule has 0 amide bonds. The van der Waals surface area contributed by atoms with Crippen LogP contribution >= 0.6 is 0 Å². The average Bonchev–Trinajstić information content (AvgIpc) is 2.00. The van der Waals surface area contributed by atoms with E-state index in [-0.39, 0.29) is 4.13 Å². The highest BCUT2D eigenvalue weighted by Crippen LogP contribution is 2.24. The van der Waals surface area contributed by atoms with Gasteiger partial charge in [-0.25, -0.2) is 17.4 Å². The van der Waals surface area contributed by atoms with E-state index in [0.717, 1.165) is 0 Å². The van der Waals surface area contributed by atoms with Gasteiger partial charge >= 0.3 is 26.8 Å². The molecule has 96 valence electrons. The van der Waals surface area contributed by atoms with E-state index in [4.69, 9.17) is 5.11 Å². The third kappa shape index (κ3) is 3.08. The number of halogens is 5. The predicted molar refractivity (Wildman–Crippen MR) is 38.8 cm³/mol. The third-order valence-corrected chi connectivity index (χ3v) is 3.70. The van der Waals surface area contributed by atoms with Gasteiger partial charge in [0.1, 0.15) is 0 Å². The average molecular weight is 291 g/mol. The fourth-order valence-electron chi connectivity index (χ4n) is 0.279. The molecule has 0 spiro atoms. The smallest absolute Gasteiger partial charge is 0.476 e. The molecule has 0 aliphatic carbocycles. The molecule has 0 aliphatic rings. The maximum absolute atomic E-state index is 12.3. The highest BCUT2D eigenvalue weighted by molar-refractivity contribution is 8.03. The minimum absolute atomic E-state index is 0.00639. The van der Waals surface area contributed by atoms with Crippen molar-refractivity contribution in [1.82, 2.24) is 4.13 Å². The van der Waals surface area contributed by atoms with E-state index >= 15 is 0 Å². The van der Waals surface area contributed by atoms with Gasteiger partial charge in [0.25, 0.3) is 0 Å². The lowest BCUT2D eigenvalue weighted by atomic mass is 10.7. The van der Waals surface area contributed by atoms with Crippen LogP contribution < -0.4 is 4.13 Å². The second kappa shape index (κ2) is 4.21. The monoisotopic (exact) mass is 291 g/mol. The van der Waals surface area contributed by atoms with Crippen molar-refractivity contribution in [3.8, 4) is 0 Å². The van der Waals surface area contributed by atoms with Gasteiger partial charge in [-0.1, -0.05) is 0 Å². The zero-order valence-corrected chi connectivity index (χ0v) is 8.42. The predicted octanol–water partition coefficient (Wildman–Crippen LogP) is -0.233. The lowest BCUT2D eigenvalue weighted by molar-refractivity contribution is -0.153. The molecule has 0 heterocycles. The summed E-state index contributed by atoms with van der Waals surface area (Å²) in [7, 11) is -10.6. The number of aliphatic carboxylic acids is 1. The summed E-state index contributed by atoms with van der Waals surface area (Å²) >= 11 is 0. The van der Waals surface area contributed by atoms with Crippen LogP contribution in [0.5, 0.6) is 0 Å². The summed E-state index contributed by atoms with van der Waals surface area (Å²) in [5.41, 5.74) is -5.97. The Hall–Kier alpha value is -0.820. The summed E-state index contributed by atoms with van der Waals surface area (Å²) in [4.78, 5) is 9.74. The molecule has 1 unspecified atom stereocenters. The SMILES string of the molecule is O=C(O)C(F)(F)S(=O)NS(=O)(=O)C(F)(F)F. The molecule has 2 N–H and O–H groups in total. The summed E-state index contributed by atoms with van der Waals surface area (Å²) in [6.07, 6.45) is 0. The van der Waals surface area contributed by atoms with Gasteiger partial charge in [0, 0.05) is 0 Å². The normalized spacial score (nSPS) is 15.8. The Morgan fingerprint density at radius 2 is 1.56 bits per heavy atom. The largest absolute Gasteiger partial charge is 0.512 e. The molecular formula is C3H2F5NO5S2. The number of nitrogens with one attached hydrogen (secondary N) is 1. The summed E-state index contributed by atoms with van der Waals surface area (Å²) in [5, 5.41) is 2.58. The van der Waals surface area contributed by atoms with Gasteiger partial charge in [0.2, 0.25) is 0 Å². The van der Waals surface area contributed by atoms with Gasteiger partial charge < -0.3 is 5.11 Å². The van der Waals surface area contributed by atoms with Crippen LogP contribution in [0, 0.1) is 0 Å². The third-order valence-electron chi connectivity index (χ3n) is 0.972. The quantitative estimate of drug-likeness (QED) is 0.697. The zero-order valence-electron chi connectivity index (χ0n) is 6.79. The van der Waals surface area contributed by atoms with Crippen molar-refractivity contribution in [2.45, 2.75) is 10.8 Å². The standard InChI is InChI=1S/C3H2F5NO5S2/c4-2(5,1(10)11)15(12)9-16(13,14)3(6,7)8/h9H,(H,10,11). The molecule has 1 atom stereocenters. The first-order chi connectivity index (χ1) is 6.82. The highest BCUT2D eigenvalue weighted by atomic mass is 32.3. The molecule has 0 saturated heterocycles. The van der Waals surface area contributed by atoms with Crippen LogP contribution in [0.2, 0.25) is 0 Å². The number of rotatable bonds is 4. The van der Waals surface area contributed by atoms with Crippen molar-refractivity contribution < 1.29 is 44.5 Å². The topological polar surface area (TPSA) is 101 Å². The maximum Gasteiger partial charge on any atom is 0.512 e. The fraction of sp³-hybridized carbons (Fsp3) is 0.667. The fourth-order valence-corrected chi connectivity index (χ4v) is 2.03. The van der Waals surface area contributed by atoms with Crippen LogP contribution in [0.3, 0.4) is 0 Å². The first kappa shape index (κ1) is 15.2. The number of carboxylic acids is 1. The van der Waals surface area contributed by atoms with Gasteiger partial charge in [-0.3, -0.25) is 0 Å². The molecule has 0 aliphatic heterocycles. The first-order valence-electron chi connectivity index (χ1n) is 2.94. The Morgan fingerprint density at radius 1 is 1.19 bits per heavy atom. The second-order valence-corrected chi connectivity index (χ2v) is 5.31. The van der Waals surface area contributed by atoms with E-state index in [2.05, 4.69) is 0 Å². The molecule has 0 fully saturated rings. The van der Waals surface area contributed by atoms with E-state index in [1.54, 1.807) is 0 Å². The Bertz CT molecular complexity index is 412. The molecule has 0 radical (unpaired) electrons. The molecule has 0 saturated carbocycles. The highest BCUT2D eigenvalue weighted by Gasteiger charge is 2.53. The summed E-state index contributed by atoms with van der Waals surface area (Å²) in [5.74, 6) is -3.03. The van der Waals surface area contributed by atoms with Crippen molar-refractivity contribution in [1.29, 1.82) is 0 Å². The van der Waals surface area contributed by atoms with Gasteiger partial charge in [-0.2, -0.15) is 22.0 Å². The minimum atomic E-state index is -6.31. The van der Waals surface area contributed by atoms with Crippen LogP contribution in [0.25, 0.3) is 0 Å². The van der Waals surface area contributed by atoms with Crippen molar-refractivity contribution >= 4 is 27.0 Å². The lowest BCUT2D eigenvalue weighted by Gasteiger charge is -2.12. The molecule has 0 aromatic carbocycles. The number of carboxylic acid groups (broad SMARTS) is 1. The van der Waals surface area contributed by atoms with E-state index in [1.807, 2.05) is 0 Å². The number of carbonyl (C=O) groups is 1. The molecule has 6 nitrogen and oxygen atoms in total. The maximum atomic E-state index is 12.3. The molecule has 0 aromatic heterocycles. The van der Waals surface area contributed by atoms with Gasteiger partial charge in [0.05, 0.1) is 0 Å². The van der Waals surface area contributed by atoms with Gasteiger partial charge in [-0.15, -0.1) is 4.13 Å². The zero-order chi connectivity index (χ0) is 13.4. The molecule has 0 aromatic rings. The molecule has 0 bridgehead atoms.